The van der Waals surface area contributed by atoms with Crippen molar-refractivity contribution >= 4 is 22.4 Å². The van der Waals surface area contributed by atoms with Gasteiger partial charge in [0.25, 0.3) is 0 Å². The smallest absolute Gasteiger partial charge is 0.160 e. The lowest BCUT2D eigenvalue weighted by molar-refractivity contribution is 0.254. The first-order valence-corrected chi connectivity index (χ1v) is 6.28. The topological polar surface area (TPSA) is 80.2 Å². The van der Waals surface area contributed by atoms with E-state index in [1.54, 1.807) is 0 Å². The summed E-state index contributed by atoms with van der Waals surface area (Å²) in [5.74, 6) is 0. The van der Waals surface area contributed by atoms with E-state index in [1.165, 1.54) is 0 Å². The molecule has 0 spiro atoms. The van der Waals surface area contributed by atoms with Crippen molar-refractivity contribution in [3.05, 3.63) is 12.1 Å². The van der Waals surface area contributed by atoms with Gasteiger partial charge >= 0.3 is 0 Å². The summed E-state index contributed by atoms with van der Waals surface area (Å²) in [4.78, 5) is 2.18. The SMILES string of the molecule is CN(C)CC(C)(C)CNc1ccc(N)c2nonc12. The van der Waals surface area contributed by atoms with Crippen LogP contribution in [-0.4, -0.2) is 42.4 Å². The minimum atomic E-state index is 0.147. The highest BCUT2D eigenvalue weighted by Gasteiger charge is 2.19. The van der Waals surface area contributed by atoms with Crippen molar-refractivity contribution in [2.24, 2.45) is 5.41 Å². The summed E-state index contributed by atoms with van der Waals surface area (Å²) < 4.78 is 4.75. The van der Waals surface area contributed by atoms with Gasteiger partial charge in [0, 0.05) is 13.1 Å². The summed E-state index contributed by atoms with van der Waals surface area (Å²) in [5, 5.41) is 11.1. The molecule has 0 radical (unpaired) electrons. The van der Waals surface area contributed by atoms with E-state index in [0.29, 0.717) is 16.7 Å². The van der Waals surface area contributed by atoms with Crippen molar-refractivity contribution in [1.82, 2.24) is 15.2 Å². The number of benzene rings is 1. The van der Waals surface area contributed by atoms with Crippen molar-refractivity contribution in [2.45, 2.75) is 13.8 Å². The van der Waals surface area contributed by atoms with Crippen LogP contribution in [0, 0.1) is 5.41 Å². The Hall–Kier alpha value is -1.82. The Morgan fingerprint density at radius 3 is 2.63 bits per heavy atom. The second-order valence-electron chi connectivity index (χ2n) is 5.92. The summed E-state index contributed by atoms with van der Waals surface area (Å²) in [6, 6.07) is 3.72. The Bertz CT molecular complexity index is 561. The van der Waals surface area contributed by atoms with Crippen LogP contribution in [0.4, 0.5) is 11.4 Å². The zero-order valence-corrected chi connectivity index (χ0v) is 11.9. The average molecular weight is 263 g/mol. The molecular weight excluding hydrogens is 242 g/mol. The van der Waals surface area contributed by atoms with E-state index in [2.05, 4.69) is 48.5 Å². The Balaban J connectivity index is 2.14. The predicted octanol–water partition coefficient (Wildman–Crippen LogP) is 1.80. The summed E-state index contributed by atoms with van der Waals surface area (Å²) >= 11 is 0. The van der Waals surface area contributed by atoms with Crippen LogP contribution in [0.25, 0.3) is 11.0 Å². The van der Waals surface area contributed by atoms with E-state index in [0.717, 1.165) is 18.8 Å². The number of nitrogens with two attached hydrogens (primary N) is 1. The number of aromatic nitrogens is 2. The molecule has 6 heteroatoms. The Morgan fingerprint density at radius 2 is 1.95 bits per heavy atom. The van der Waals surface area contributed by atoms with Gasteiger partial charge in [-0.2, -0.15) is 0 Å². The van der Waals surface area contributed by atoms with Crippen LogP contribution in [0.5, 0.6) is 0 Å². The van der Waals surface area contributed by atoms with E-state index in [1.807, 2.05) is 12.1 Å². The normalized spacial score (nSPS) is 12.3. The summed E-state index contributed by atoms with van der Waals surface area (Å²) in [6.45, 7) is 6.26. The van der Waals surface area contributed by atoms with Gasteiger partial charge in [-0.1, -0.05) is 13.8 Å². The molecular formula is C13H21N5O. The summed E-state index contributed by atoms with van der Waals surface area (Å²) in [7, 11) is 4.15. The van der Waals surface area contributed by atoms with Gasteiger partial charge in [-0.05, 0) is 42.0 Å². The van der Waals surface area contributed by atoms with Crippen LogP contribution in [0.2, 0.25) is 0 Å². The fourth-order valence-corrected chi connectivity index (χ4v) is 2.27. The van der Waals surface area contributed by atoms with Crippen molar-refractivity contribution < 1.29 is 4.63 Å². The fourth-order valence-electron chi connectivity index (χ4n) is 2.27. The van der Waals surface area contributed by atoms with E-state index in [9.17, 15) is 0 Å². The van der Waals surface area contributed by atoms with E-state index < -0.39 is 0 Å². The predicted molar refractivity (Wildman–Crippen MR) is 77.0 cm³/mol. The van der Waals surface area contributed by atoms with Crippen LogP contribution in [0.15, 0.2) is 16.8 Å². The molecule has 1 aromatic carbocycles. The summed E-state index contributed by atoms with van der Waals surface area (Å²) in [6.07, 6.45) is 0. The first kappa shape index (κ1) is 13.6. The number of anilines is 2. The lowest BCUT2D eigenvalue weighted by Crippen LogP contribution is -2.34. The molecule has 19 heavy (non-hydrogen) atoms. The molecule has 0 saturated heterocycles. The molecule has 2 aromatic rings. The first-order valence-electron chi connectivity index (χ1n) is 6.28. The lowest BCUT2D eigenvalue weighted by atomic mass is 9.93. The molecule has 0 amide bonds. The Kier molecular flexibility index (Phi) is 3.61. The van der Waals surface area contributed by atoms with Crippen molar-refractivity contribution in [2.75, 3.05) is 38.2 Å². The highest BCUT2D eigenvalue weighted by Crippen LogP contribution is 2.26. The quantitative estimate of drug-likeness (QED) is 0.801. The maximum Gasteiger partial charge on any atom is 0.160 e. The van der Waals surface area contributed by atoms with Crippen molar-refractivity contribution in [3.8, 4) is 0 Å². The largest absolute Gasteiger partial charge is 0.397 e. The van der Waals surface area contributed by atoms with E-state index in [4.69, 9.17) is 10.4 Å². The summed E-state index contributed by atoms with van der Waals surface area (Å²) in [5.41, 5.74) is 8.73. The van der Waals surface area contributed by atoms with Crippen LogP contribution < -0.4 is 11.1 Å². The molecule has 2 rings (SSSR count). The third-order valence-electron chi connectivity index (χ3n) is 2.95. The minimum absolute atomic E-state index is 0.147. The molecule has 0 aliphatic rings. The Morgan fingerprint density at radius 1 is 1.26 bits per heavy atom. The molecule has 1 heterocycles. The minimum Gasteiger partial charge on any atom is -0.397 e. The molecule has 0 fully saturated rings. The Labute approximate surface area is 112 Å². The molecule has 0 bridgehead atoms. The molecule has 0 atom stereocenters. The van der Waals surface area contributed by atoms with Crippen LogP contribution in [0.1, 0.15) is 13.8 Å². The first-order chi connectivity index (χ1) is 8.89. The third kappa shape index (κ3) is 3.14. The molecule has 0 aliphatic carbocycles. The average Bonchev–Trinajstić information content (AvgIpc) is 2.76. The van der Waals surface area contributed by atoms with Crippen LogP contribution >= 0.6 is 0 Å². The third-order valence-corrected chi connectivity index (χ3v) is 2.95. The van der Waals surface area contributed by atoms with E-state index >= 15 is 0 Å². The maximum absolute atomic E-state index is 5.82. The number of nitrogens with one attached hydrogen (secondary N) is 1. The lowest BCUT2D eigenvalue weighted by Gasteiger charge is -2.28. The molecule has 0 aliphatic heterocycles. The van der Waals surface area contributed by atoms with Crippen molar-refractivity contribution in [1.29, 1.82) is 0 Å². The van der Waals surface area contributed by atoms with Gasteiger partial charge in [-0.15, -0.1) is 0 Å². The van der Waals surface area contributed by atoms with Gasteiger partial charge < -0.3 is 16.0 Å². The van der Waals surface area contributed by atoms with Gasteiger partial charge in [0.2, 0.25) is 0 Å². The number of nitrogen functional groups attached to an aromatic ring is 1. The van der Waals surface area contributed by atoms with Gasteiger partial charge in [0.05, 0.1) is 11.4 Å². The highest BCUT2D eigenvalue weighted by atomic mass is 16.6. The standard InChI is InChI=1S/C13H21N5O/c1-13(2,8-18(3)4)7-15-10-6-5-9(14)11-12(10)17-19-16-11/h5-6,15H,7-8,14H2,1-4H3. The zero-order chi connectivity index (χ0) is 14.0. The number of hydrogen-bond donors (Lipinski definition) is 2. The molecule has 6 nitrogen and oxygen atoms in total. The van der Waals surface area contributed by atoms with Gasteiger partial charge in [-0.3, -0.25) is 0 Å². The molecule has 1 aromatic heterocycles. The van der Waals surface area contributed by atoms with Gasteiger partial charge in [-0.25, -0.2) is 4.63 Å². The maximum atomic E-state index is 5.82. The number of fused-ring (bicyclic) bond motifs is 1. The molecule has 0 unspecified atom stereocenters. The fraction of sp³-hybridized carbons (Fsp3) is 0.538. The second-order valence-corrected chi connectivity index (χ2v) is 5.92. The van der Waals surface area contributed by atoms with Crippen LogP contribution in [-0.2, 0) is 0 Å². The molecule has 104 valence electrons. The van der Waals surface area contributed by atoms with Crippen molar-refractivity contribution in [3.63, 3.8) is 0 Å². The second kappa shape index (κ2) is 5.05. The zero-order valence-electron chi connectivity index (χ0n) is 11.9. The van der Waals surface area contributed by atoms with E-state index in [-0.39, 0.29) is 5.41 Å². The van der Waals surface area contributed by atoms with Gasteiger partial charge in [0.1, 0.15) is 0 Å². The number of nitrogens with zero attached hydrogens (tertiary/aromatic N) is 3. The monoisotopic (exact) mass is 263 g/mol. The van der Waals surface area contributed by atoms with Crippen LogP contribution in [0.3, 0.4) is 0 Å². The molecule has 3 N–H and O–H groups in total. The number of hydrogen-bond acceptors (Lipinski definition) is 6. The van der Waals surface area contributed by atoms with Gasteiger partial charge in [0.15, 0.2) is 11.0 Å². The highest BCUT2D eigenvalue weighted by molar-refractivity contribution is 5.94. The number of rotatable bonds is 5. The molecule has 0 saturated carbocycles.